The lowest BCUT2D eigenvalue weighted by molar-refractivity contribution is -0.116. The maximum absolute atomic E-state index is 14.2. The quantitative estimate of drug-likeness (QED) is 0.501. The number of carbonyl (C=O) groups is 1. The maximum atomic E-state index is 14.2. The van der Waals surface area contributed by atoms with Crippen molar-refractivity contribution in [2.24, 2.45) is 0 Å². The predicted molar refractivity (Wildman–Crippen MR) is 115 cm³/mol. The first kappa shape index (κ1) is 20.0. The van der Waals surface area contributed by atoms with E-state index >= 15 is 0 Å². The van der Waals surface area contributed by atoms with E-state index in [1.165, 1.54) is 22.9 Å². The minimum absolute atomic E-state index is 0.0616. The number of hydrogen-bond acceptors (Lipinski definition) is 6. The summed E-state index contributed by atoms with van der Waals surface area (Å²) in [6, 6.07) is 11.6. The number of para-hydroxylation sites is 1. The molecule has 0 radical (unpaired) electrons. The van der Waals surface area contributed by atoms with Gasteiger partial charge in [-0.05, 0) is 60.5 Å². The third-order valence-electron chi connectivity index (χ3n) is 5.45. The molecule has 5 rings (SSSR count). The zero-order valence-corrected chi connectivity index (χ0v) is 17.3. The molecule has 2 aromatic heterocycles. The molecule has 1 amide bonds. The monoisotopic (exact) mass is 433 g/mol. The molecule has 162 valence electrons. The zero-order valence-electron chi connectivity index (χ0n) is 17.3. The number of nitrogens with zero attached hydrogens (tertiary/aromatic N) is 6. The highest BCUT2D eigenvalue weighted by Crippen LogP contribution is 2.35. The van der Waals surface area contributed by atoms with Crippen molar-refractivity contribution in [2.45, 2.75) is 38.6 Å². The predicted octanol–water partition coefficient (Wildman–Crippen LogP) is 2.73. The standard InChI is InChI=1S/C22H20FN7O2/c1-13-26-27-28-30(13)19-12-14(6-9-17(19)23)24-21(31)11-10-20-25-18-5-3-2-4-16(18)22(32)29(20)15-7-8-15/h2-6,9,12,15H,7-8,10-11H2,1H3,(H,24,31). The van der Waals surface area contributed by atoms with Gasteiger partial charge in [0.25, 0.3) is 5.56 Å². The fourth-order valence-electron chi connectivity index (χ4n) is 3.73. The first-order valence-corrected chi connectivity index (χ1v) is 10.4. The van der Waals surface area contributed by atoms with Gasteiger partial charge >= 0.3 is 0 Å². The summed E-state index contributed by atoms with van der Waals surface area (Å²) in [6.45, 7) is 1.65. The average molecular weight is 433 g/mol. The summed E-state index contributed by atoms with van der Waals surface area (Å²) in [5.74, 6) is 0.260. The second-order valence-electron chi connectivity index (χ2n) is 7.80. The SMILES string of the molecule is Cc1nnnn1-c1cc(NC(=O)CCc2nc3ccccc3c(=O)n2C2CC2)ccc1F. The van der Waals surface area contributed by atoms with E-state index in [2.05, 4.69) is 25.8 Å². The van der Waals surface area contributed by atoms with Crippen LogP contribution in [0.25, 0.3) is 16.6 Å². The summed E-state index contributed by atoms with van der Waals surface area (Å²) >= 11 is 0. The van der Waals surface area contributed by atoms with Gasteiger partial charge in [-0.3, -0.25) is 14.2 Å². The van der Waals surface area contributed by atoms with E-state index in [4.69, 9.17) is 0 Å². The van der Waals surface area contributed by atoms with Crippen molar-refractivity contribution in [3.63, 3.8) is 0 Å². The number of halogens is 1. The Kier molecular flexibility index (Phi) is 4.96. The summed E-state index contributed by atoms with van der Waals surface area (Å²) in [7, 11) is 0. The number of benzene rings is 2. The van der Waals surface area contributed by atoms with E-state index in [1.807, 2.05) is 12.1 Å². The zero-order chi connectivity index (χ0) is 22.2. The fourth-order valence-corrected chi connectivity index (χ4v) is 3.73. The average Bonchev–Trinajstić information content (AvgIpc) is 3.53. The highest BCUT2D eigenvalue weighted by molar-refractivity contribution is 5.91. The molecule has 1 aliphatic rings. The van der Waals surface area contributed by atoms with Gasteiger partial charge < -0.3 is 5.32 Å². The number of aryl methyl sites for hydroxylation is 2. The number of nitrogens with one attached hydrogen (secondary N) is 1. The molecule has 32 heavy (non-hydrogen) atoms. The van der Waals surface area contributed by atoms with Crippen LogP contribution in [-0.4, -0.2) is 35.7 Å². The second kappa shape index (κ2) is 7.95. The number of fused-ring (bicyclic) bond motifs is 1. The van der Waals surface area contributed by atoms with Crippen molar-refractivity contribution in [2.75, 3.05) is 5.32 Å². The van der Waals surface area contributed by atoms with Crippen LogP contribution in [-0.2, 0) is 11.2 Å². The molecule has 0 aliphatic heterocycles. The number of carbonyl (C=O) groups excluding carboxylic acids is 1. The molecule has 2 aromatic carbocycles. The molecule has 9 nitrogen and oxygen atoms in total. The van der Waals surface area contributed by atoms with Crippen molar-refractivity contribution in [1.29, 1.82) is 0 Å². The topological polar surface area (TPSA) is 108 Å². The van der Waals surface area contributed by atoms with Crippen LogP contribution in [0, 0.1) is 12.7 Å². The van der Waals surface area contributed by atoms with Crippen molar-refractivity contribution < 1.29 is 9.18 Å². The Morgan fingerprint density at radius 1 is 1.22 bits per heavy atom. The molecule has 1 fully saturated rings. The maximum Gasteiger partial charge on any atom is 0.261 e. The first-order valence-electron chi connectivity index (χ1n) is 10.4. The molecule has 1 aliphatic carbocycles. The number of amides is 1. The minimum Gasteiger partial charge on any atom is -0.326 e. The molecule has 1 N–H and O–H groups in total. The number of hydrogen-bond donors (Lipinski definition) is 1. The smallest absolute Gasteiger partial charge is 0.261 e. The van der Waals surface area contributed by atoms with Crippen molar-refractivity contribution >= 4 is 22.5 Å². The molecule has 0 atom stereocenters. The van der Waals surface area contributed by atoms with Gasteiger partial charge in [0.2, 0.25) is 5.91 Å². The third kappa shape index (κ3) is 3.75. The number of anilines is 1. The van der Waals surface area contributed by atoms with Crippen molar-refractivity contribution in [3.05, 3.63) is 70.3 Å². The minimum atomic E-state index is -0.507. The molecule has 0 bridgehead atoms. The molecule has 10 heteroatoms. The Bertz CT molecular complexity index is 1390. The summed E-state index contributed by atoms with van der Waals surface area (Å²) in [4.78, 5) is 30.2. The molecule has 4 aromatic rings. The Balaban J connectivity index is 1.35. The van der Waals surface area contributed by atoms with Gasteiger partial charge in [-0.2, -0.15) is 4.68 Å². The summed E-state index contributed by atoms with van der Waals surface area (Å²) in [6.07, 6.45) is 2.33. The molecule has 1 saturated carbocycles. The molecule has 0 unspecified atom stereocenters. The number of aromatic nitrogens is 6. The van der Waals surface area contributed by atoms with Crippen LogP contribution in [0.1, 0.15) is 37.0 Å². The lowest BCUT2D eigenvalue weighted by Gasteiger charge is -2.13. The van der Waals surface area contributed by atoms with Crippen LogP contribution in [0.5, 0.6) is 0 Å². The molecular weight excluding hydrogens is 413 g/mol. The van der Waals surface area contributed by atoms with E-state index in [9.17, 15) is 14.0 Å². The van der Waals surface area contributed by atoms with Crippen molar-refractivity contribution in [1.82, 2.24) is 29.8 Å². The van der Waals surface area contributed by atoms with Gasteiger partial charge in [0, 0.05) is 24.6 Å². The van der Waals surface area contributed by atoms with Crippen LogP contribution in [0.2, 0.25) is 0 Å². The first-order chi connectivity index (χ1) is 15.5. The van der Waals surface area contributed by atoms with Gasteiger partial charge in [0.15, 0.2) is 5.82 Å². The van der Waals surface area contributed by atoms with Crippen LogP contribution < -0.4 is 10.9 Å². The normalized spacial score (nSPS) is 13.4. The van der Waals surface area contributed by atoms with Gasteiger partial charge in [0.1, 0.15) is 17.3 Å². The number of tetrazole rings is 1. The van der Waals surface area contributed by atoms with Crippen LogP contribution >= 0.6 is 0 Å². The molecular formula is C22H20FN7O2. The lowest BCUT2D eigenvalue weighted by Crippen LogP contribution is -2.25. The van der Waals surface area contributed by atoms with E-state index in [0.717, 1.165) is 12.8 Å². The summed E-state index contributed by atoms with van der Waals surface area (Å²) < 4.78 is 17.2. The largest absolute Gasteiger partial charge is 0.326 e. The van der Waals surface area contributed by atoms with Crippen LogP contribution in [0.3, 0.4) is 0 Å². The Hall–Kier alpha value is -3.95. The van der Waals surface area contributed by atoms with Crippen molar-refractivity contribution in [3.8, 4) is 5.69 Å². The van der Waals surface area contributed by atoms with E-state index in [1.54, 1.807) is 23.6 Å². The van der Waals surface area contributed by atoms with Gasteiger partial charge in [0.05, 0.1) is 10.9 Å². The van der Waals surface area contributed by atoms with E-state index in [-0.39, 0.29) is 29.6 Å². The summed E-state index contributed by atoms with van der Waals surface area (Å²) in [5, 5.41) is 14.4. The Morgan fingerprint density at radius 2 is 2.03 bits per heavy atom. The van der Waals surface area contributed by atoms with Gasteiger partial charge in [-0.25, -0.2) is 9.37 Å². The van der Waals surface area contributed by atoms with E-state index < -0.39 is 5.82 Å². The number of rotatable bonds is 6. The van der Waals surface area contributed by atoms with Gasteiger partial charge in [-0.15, -0.1) is 5.10 Å². The van der Waals surface area contributed by atoms with Gasteiger partial charge in [-0.1, -0.05) is 12.1 Å². The third-order valence-corrected chi connectivity index (χ3v) is 5.45. The Labute approximate surface area is 181 Å². The van der Waals surface area contributed by atoms with E-state index in [0.29, 0.717) is 34.7 Å². The molecule has 0 saturated heterocycles. The highest BCUT2D eigenvalue weighted by atomic mass is 19.1. The second-order valence-corrected chi connectivity index (χ2v) is 7.80. The fraction of sp³-hybridized carbons (Fsp3) is 0.273. The molecule has 2 heterocycles. The van der Waals surface area contributed by atoms with Crippen LogP contribution in [0.4, 0.5) is 10.1 Å². The Morgan fingerprint density at radius 3 is 2.78 bits per heavy atom. The summed E-state index contributed by atoms with van der Waals surface area (Å²) in [5.41, 5.74) is 1.13. The lowest BCUT2D eigenvalue weighted by atomic mass is 10.2. The van der Waals surface area contributed by atoms with Crippen LogP contribution in [0.15, 0.2) is 47.3 Å². The highest BCUT2D eigenvalue weighted by Gasteiger charge is 2.28. The molecule has 0 spiro atoms.